The molecule has 0 bridgehead atoms. The number of nitrogens with zero attached hydrogens (tertiary/aromatic N) is 4. The molecular formula is C30H37ClN4O2. The van der Waals surface area contributed by atoms with Gasteiger partial charge in [-0.05, 0) is 68.0 Å². The summed E-state index contributed by atoms with van der Waals surface area (Å²) in [5.74, 6) is 2.36. The first-order valence-electron chi connectivity index (χ1n) is 13.3. The minimum Gasteiger partial charge on any atom is -0.379 e. The first kappa shape index (κ1) is 26.0. The van der Waals surface area contributed by atoms with Crippen molar-refractivity contribution in [3.05, 3.63) is 69.8 Å². The topological polar surface area (TPSA) is 56.3 Å². The number of morpholine rings is 1. The van der Waals surface area contributed by atoms with Crippen LogP contribution in [0, 0.1) is 13.8 Å². The fourth-order valence-corrected chi connectivity index (χ4v) is 5.89. The van der Waals surface area contributed by atoms with Gasteiger partial charge in [-0.2, -0.15) is 0 Å². The molecule has 0 N–H and O–H groups in total. The third kappa shape index (κ3) is 5.47. The van der Waals surface area contributed by atoms with E-state index in [2.05, 4.69) is 71.8 Å². The number of rotatable bonds is 8. The number of benzene rings is 2. The molecule has 0 spiro atoms. The molecule has 0 radical (unpaired) electrons. The number of halogens is 1. The summed E-state index contributed by atoms with van der Waals surface area (Å²) in [6.45, 7) is 15.0. The number of hydrogen-bond donors (Lipinski definition) is 0. The molecular weight excluding hydrogens is 484 g/mol. The Morgan fingerprint density at radius 3 is 2.46 bits per heavy atom. The van der Waals surface area contributed by atoms with Crippen LogP contribution in [0.15, 0.2) is 40.9 Å². The zero-order valence-electron chi connectivity index (χ0n) is 22.6. The van der Waals surface area contributed by atoms with Crippen LogP contribution in [-0.4, -0.2) is 52.0 Å². The lowest BCUT2D eigenvalue weighted by atomic mass is 10.00. The average molecular weight is 521 g/mol. The lowest BCUT2D eigenvalue weighted by molar-refractivity contribution is 0.0170. The SMILES string of the molecule is Cc1noc(C)c1-c1ccc2c(c1)nc(CCc1ccc(C(C)C)c(Cl)c1)n2CC(C)N1CCOCC1. The van der Waals surface area contributed by atoms with E-state index in [1.165, 1.54) is 16.6 Å². The maximum atomic E-state index is 6.60. The van der Waals surface area contributed by atoms with E-state index in [0.29, 0.717) is 12.0 Å². The van der Waals surface area contributed by atoms with Gasteiger partial charge in [0.25, 0.3) is 0 Å². The van der Waals surface area contributed by atoms with E-state index in [0.717, 1.165) is 84.6 Å². The first-order valence-corrected chi connectivity index (χ1v) is 13.7. The number of aryl methyl sites for hydroxylation is 4. The average Bonchev–Trinajstić information content (AvgIpc) is 3.40. The largest absolute Gasteiger partial charge is 0.379 e. The van der Waals surface area contributed by atoms with E-state index < -0.39 is 0 Å². The van der Waals surface area contributed by atoms with Crippen LogP contribution in [0.5, 0.6) is 0 Å². The lowest BCUT2D eigenvalue weighted by Gasteiger charge is -2.32. The molecule has 37 heavy (non-hydrogen) atoms. The minimum atomic E-state index is 0.391. The summed E-state index contributed by atoms with van der Waals surface area (Å²) in [6.07, 6.45) is 1.74. The highest BCUT2D eigenvalue weighted by Crippen LogP contribution is 2.31. The molecule has 7 heteroatoms. The van der Waals surface area contributed by atoms with Crippen LogP contribution in [0.2, 0.25) is 5.02 Å². The maximum absolute atomic E-state index is 6.60. The molecule has 1 atom stereocenters. The van der Waals surface area contributed by atoms with Gasteiger partial charge in [0.2, 0.25) is 0 Å². The summed E-state index contributed by atoms with van der Waals surface area (Å²) in [7, 11) is 0. The number of fused-ring (bicyclic) bond motifs is 1. The van der Waals surface area contributed by atoms with Gasteiger partial charge in [-0.1, -0.05) is 48.8 Å². The second-order valence-electron chi connectivity index (χ2n) is 10.5. The smallest absolute Gasteiger partial charge is 0.141 e. The molecule has 4 aromatic rings. The van der Waals surface area contributed by atoms with Crippen molar-refractivity contribution < 1.29 is 9.26 Å². The summed E-state index contributed by atoms with van der Waals surface area (Å²) in [6, 6.07) is 13.4. The normalized spacial score (nSPS) is 15.6. The molecule has 196 valence electrons. The zero-order valence-corrected chi connectivity index (χ0v) is 23.3. The second-order valence-corrected chi connectivity index (χ2v) is 11.0. The molecule has 1 aliphatic rings. The van der Waals surface area contributed by atoms with Crippen LogP contribution in [-0.2, 0) is 24.1 Å². The third-order valence-corrected chi connectivity index (χ3v) is 7.92. The Labute approximate surface area is 224 Å². The Morgan fingerprint density at radius 1 is 1.00 bits per heavy atom. The zero-order chi connectivity index (χ0) is 26.1. The number of ether oxygens (including phenoxy) is 1. The Bertz CT molecular complexity index is 1360. The van der Waals surface area contributed by atoms with Crippen molar-refractivity contribution in [2.75, 3.05) is 26.3 Å². The molecule has 6 nitrogen and oxygen atoms in total. The molecule has 2 aromatic heterocycles. The highest BCUT2D eigenvalue weighted by atomic mass is 35.5. The molecule has 2 aromatic carbocycles. The molecule has 0 aliphatic carbocycles. The minimum absolute atomic E-state index is 0.391. The summed E-state index contributed by atoms with van der Waals surface area (Å²) in [4.78, 5) is 7.68. The van der Waals surface area contributed by atoms with Gasteiger partial charge in [0, 0.05) is 42.7 Å². The van der Waals surface area contributed by atoms with Crippen LogP contribution >= 0.6 is 11.6 Å². The fraction of sp³-hybridized carbons (Fsp3) is 0.467. The molecule has 1 fully saturated rings. The van der Waals surface area contributed by atoms with E-state index in [4.69, 9.17) is 25.8 Å². The van der Waals surface area contributed by atoms with Crippen molar-refractivity contribution in [3.8, 4) is 11.1 Å². The molecule has 1 saturated heterocycles. The molecule has 1 aliphatic heterocycles. The van der Waals surface area contributed by atoms with Crippen LogP contribution in [0.1, 0.15) is 55.1 Å². The molecule has 5 rings (SSSR count). The Morgan fingerprint density at radius 2 is 1.78 bits per heavy atom. The number of imidazole rings is 1. The Hall–Kier alpha value is -2.67. The van der Waals surface area contributed by atoms with E-state index >= 15 is 0 Å². The van der Waals surface area contributed by atoms with Crippen LogP contribution < -0.4 is 0 Å². The van der Waals surface area contributed by atoms with Crippen molar-refractivity contribution in [2.24, 2.45) is 0 Å². The van der Waals surface area contributed by atoms with Crippen molar-refractivity contribution in [1.29, 1.82) is 0 Å². The molecule has 1 unspecified atom stereocenters. The first-order chi connectivity index (χ1) is 17.8. The van der Waals surface area contributed by atoms with E-state index in [9.17, 15) is 0 Å². The van der Waals surface area contributed by atoms with Gasteiger partial charge in [0.05, 0.1) is 29.9 Å². The fourth-order valence-electron chi connectivity index (χ4n) is 5.47. The summed E-state index contributed by atoms with van der Waals surface area (Å²) >= 11 is 6.60. The van der Waals surface area contributed by atoms with E-state index in [-0.39, 0.29) is 0 Å². The highest BCUT2D eigenvalue weighted by Gasteiger charge is 2.21. The standard InChI is InChI=1S/C30H37ClN4O2/c1-19(2)25-9-6-23(16-26(25)31)7-11-29-32-27-17-24(30-21(4)33-37-22(30)5)8-10-28(27)35(29)18-20(3)34-12-14-36-15-13-34/h6,8-10,16-17,19-20H,7,11-15,18H2,1-5H3. The van der Waals surface area contributed by atoms with Crippen molar-refractivity contribution in [2.45, 2.75) is 66.0 Å². The number of aromatic nitrogens is 3. The summed E-state index contributed by atoms with van der Waals surface area (Å²) in [5, 5.41) is 5.00. The van der Waals surface area contributed by atoms with Gasteiger partial charge in [0.1, 0.15) is 11.6 Å². The predicted octanol–water partition coefficient (Wildman–Crippen LogP) is 6.59. The monoisotopic (exact) mass is 520 g/mol. The van der Waals surface area contributed by atoms with Gasteiger partial charge in [-0.15, -0.1) is 0 Å². The van der Waals surface area contributed by atoms with E-state index in [1.54, 1.807) is 0 Å². The lowest BCUT2D eigenvalue weighted by Crippen LogP contribution is -2.44. The van der Waals surface area contributed by atoms with Crippen LogP contribution in [0.4, 0.5) is 0 Å². The summed E-state index contributed by atoms with van der Waals surface area (Å²) < 4.78 is 13.4. The van der Waals surface area contributed by atoms with Gasteiger partial charge in [-0.25, -0.2) is 4.98 Å². The van der Waals surface area contributed by atoms with Gasteiger partial charge in [0.15, 0.2) is 0 Å². The van der Waals surface area contributed by atoms with Gasteiger partial charge in [-0.3, -0.25) is 4.90 Å². The predicted molar refractivity (Wildman–Crippen MR) is 150 cm³/mol. The maximum Gasteiger partial charge on any atom is 0.141 e. The second kappa shape index (κ2) is 11.0. The molecule has 0 amide bonds. The van der Waals surface area contributed by atoms with Crippen molar-refractivity contribution >= 4 is 22.6 Å². The van der Waals surface area contributed by atoms with Crippen LogP contribution in [0.3, 0.4) is 0 Å². The Balaban J connectivity index is 1.47. The van der Waals surface area contributed by atoms with Gasteiger partial charge < -0.3 is 13.8 Å². The quantitative estimate of drug-likeness (QED) is 0.262. The molecule has 0 saturated carbocycles. The van der Waals surface area contributed by atoms with Crippen molar-refractivity contribution in [3.63, 3.8) is 0 Å². The van der Waals surface area contributed by atoms with Gasteiger partial charge >= 0.3 is 0 Å². The third-order valence-electron chi connectivity index (χ3n) is 7.59. The summed E-state index contributed by atoms with van der Waals surface area (Å²) in [5.41, 5.74) is 7.67. The van der Waals surface area contributed by atoms with E-state index in [1.807, 2.05) is 13.8 Å². The van der Waals surface area contributed by atoms with Crippen molar-refractivity contribution in [1.82, 2.24) is 19.6 Å². The van der Waals surface area contributed by atoms with Crippen LogP contribution in [0.25, 0.3) is 22.2 Å². The number of hydrogen-bond acceptors (Lipinski definition) is 5. The molecule has 3 heterocycles. The highest BCUT2D eigenvalue weighted by molar-refractivity contribution is 6.31. The Kier molecular flexibility index (Phi) is 7.70.